The van der Waals surface area contributed by atoms with Crippen molar-refractivity contribution in [2.45, 2.75) is 25.7 Å². The van der Waals surface area contributed by atoms with Crippen molar-refractivity contribution in [3.8, 4) is 11.4 Å². The highest BCUT2D eigenvalue weighted by atomic mass is 16.5. The smallest absolute Gasteiger partial charge is 0.126 e. The van der Waals surface area contributed by atoms with E-state index in [2.05, 4.69) is 21.0 Å². The predicted octanol–water partition coefficient (Wildman–Crippen LogP) is 2.01. The van der Waals surface area contributed by atoms with Gasteiger partial charge in [0, 0.05) is 38.5 Å². The predicted molar refractivity (Wildman–Crippen MR) is 89.3 cm³/mol. The molecule has 124 valence electrons. The van der Waals surface area contributed by atoms with Crippen molar-refractivity contribution in [3.05, 3.63) is 29.8 Å². The largest absolute Gasteiger partial charge is 0.383 e. The van der Waals surface area contributed by atoms with E-state index >= 15 is 0 Å². The molecule has 0 aliphatic carbocycles. The first kappa shape index (κ1) is 16.1. The molecule has 1 fully saturated rings. The number of likely N-dealkylation sites (tertiary alicyclic amines) is 1. The minimum atomic E-state index is 0.516. The molecule has 1 saturated heterocycles. The molecule has 0 amide bonds. The lowest BCUT2D eigenvalue weighted by Crippen LogP contribution is -2.35. The second kappa shape index (κ2) is 7.19. The lowest BCUT2D eigenvalue weighted by atomic mass is 9.92. The van der Waals surface area contributed by atoms with Crippen molar-refractivity contribution in [3.63, 3.8) is 0 Å². The standard InChI is InChI=1S/C17H25N5O/c1-13-19-15(12-16(20-13)17-4-7-18-21(17)2)14-5-8-22(9-6-14)10-11-23-3/h4,7,12,14H,5-6,8-11H2,1-3H3. The number of methoxy groups -OCH3 is 1. The zero-order valence-corrected chi connectivity index (χ0v) is 14.2. The average molecular weight is 315 g/mol. The zero-order chi connectivity index (χ0) is 16.2. The molecular formula is C17H25N5O. The van der Waals surface area contributed by atoms with E-state index in [4.69, 9.17) is 9.72 Å². The first-order valence-corrected chi connectivity index (χ1v) is 8.22. The number of aromatic nitrogens is 4. The fraction of sp³-hybridized carbons (Fsp3) is 0.588. The maximum absolute atomic E-state index is 5.17. The number of nitrogens with zero attached hydrogens (tertiary/aromatic N) is 5. The third-order valence-corrected chi connectivity index (χ3v) is 4.56. The average Bonchev–Trinajstić information content (AvgIpc) is 2.99. The van der Waals surface area contributed by atoms with Crippen LogP contribution in [0.15, 0.2) is 18.3 Å². The Bertz CT molecular complexity index is 646. The summed E-state index contributed by atoms with van der Waals surface area (Å²) >= 11 is 0. The quantitative estimate of drug-likeness (QED) is 0.845. The van der Waals surface area contributed by atoms with Gasteiger partial charge in [-0.25, -0.2) is 9.97 Å². The summed E-state index contributed by atoms with van der Waals surface area (Å²) < 4.78 is 7.03. The molecule has 3 rings (SSSR count). The van der Waals surface area contributed by atoms with Gasteiger partial charge in [0.25, 0.3) is 0 Å². The van der Waals surface area contributed by atoms with Crippen LogP contribution in [0.1, 0.15) is 30.3 Å². The first-order chi connectivity index (χ1) is 11.2. The minimum absolute atomic E-state index is 0.516. The number of rotatable bonds is 5. The Morgan fingerprint density at radius 2 is 2.04 bits per heavy atom. The third-order valence-electron chi connectivity index (χ3n) is 4.56. The van der Waals surface area contributed by atoms with Gasteiger partial charge in [-0.3, -0.25) is 4.68 Å². The van der Waals surface area contributed by atoms with Crippen LogP contribution in [0.25, 0.3) is 11.4 Å². The van der Waals surface area contributed by atoms with Gasteiger partial charge in [0.1, 0.15) is 5.82 Å². The summed E-state index contributed by atoms with van der Waals surface area (Å²) in [6.45, 7) is 6.02. The maximum atomic E-state index is 5.17. The summed E-state index contributed by atoms with van der Waals surface area (Å²) in [6, 6.07) is 4.14. The SMILES string of the molecule is COCCN1CCC(c2cc(-c3ccnn3C)nc(C)n2)CC1. The Morgan fingerprint density at radius 1 is 1.26 bits per heavy atom. The normalized spacial score (nSPS) is 16.8. The van der Waals surface area contributed by atoms with Gasteiger partial charge in [0.2, 0.25) is 0 Å². The molecule has 6 heteroatoms. The van der Waals surface area contributed by atoms with Crippen LogP contribution in [-0.2, 0) is 11.8 Å². The van der Waals surface area contributed by atoms with Gasteiger partial charge >= 0.3 is 0 Å². The van der Waals surface area contributed by atoms with Gasteiger partial charge in [-0.2, -0.15) is 5.10 Å². The van der Waals surface area contributed by atoms with Crippen molar-refractivity contribution in [2.24, 2.45) is 7.05 Å². The summed E-state index contributed by atoms with van der Waals surface area (Å²) in [5, 5.41) is 4.24. The van der Waals surface area contributed by atoms with E-state index < -0.39 is 0 Å². The van der Waals surface area contributed by atoms with Crippen LogP contribution in [0.2, 0.25) is 0 Å². The number of hydrogen-bond donors (Lipinski definition) is 0. The highest BCUT2D eigenvalue weighted by Crippen LogP contribution is 2.29. The molecule has 0 atom stereocenters. The molecule has 0 aromatic carbocycles. The number of hydrogen-bond acceptors (Lipinski definition) is 5. The topological polar surface area (TPSA) is 56.1 Å². The summed E-state index contributed by atoms with van der Waals surface area (Å²) in [7, 11) is 3.71. The monoisotopic (exact) mass is 315 g/mol. The molecule has 3 heterocycles. The van der Waals surface area contributed by atoms with Crippen LogP contribution in [-0.4, -0.2) is 58.0 Å². The number of piperidine rings is 1. The van der Waals surface area contributed by atoms with Gasteiger partial charge in [0.05, 0.1) is 18.0 Å². The fourth-order valence-corrected chi connectivity index (χ4v) is 3.23. The van der Waals surface area contributed by atoms with Crippen molar-refractivity contribution < 1.29 is 4.74 Å². The zero-order valence-electron chi connectivity index (χ0n) is 14.2. The van der Waals surface area contributed by atoms with E-state index in [1.165, 1.54) is 5.69 Å². The molecule has 2 aromatic heterocycles. The van der Waals surface area contributed by atoms with E-state index in [1.807, 2.05) is 24.7 Å². The highest BCUT2D eigenvalue weighted by Gasteiger charge is 2.22. The Hall–Kier alpha value is -1.79. The second-order valence-corrected chi connectivity index (χ2v) is 6.17. The minimum Gasteiger partial charge on any atom is -0.383 e. The Morgan fingerprint density at radius 3 is 2.70 bits per heavy atom. The van der Waals surface area contributed by atoms with Gasteiger partial charge in [-0.05, 0) is 45.0 Å². The van der Waals surface area contributed by atoms with Crippen LogP contribution >= 0.6 is 0 Å². The van der Waals surface area contributed by atoms with E-state index in [9.17, 15) is 0 Å². The van der Waals surface area contributed by atoms with Crippen LogP contribution in [0.5, 0.6) is 0 Å². The molecule has 1 aliphatic rings. The molecule has 0 unspecified atom stereocenters. The molecule has 0 spiro atoms. The Labute approximate surface area is 137 Å². The molecule has 6 nitrogen and oxygen atoms in total. The van der Waals surface area contributed by atoms with E-state index in [1.54, 1.807) is 13.3 Å². The lowest BCUT2D eigenvalue weighted by Gasteiger charge is -2.31. The van der Waals surface area contributed by atoms with Crippen molar-refractivity contribution in [2.75, 3.05) is 33.4 Å². The molecule has 1 aliphatic heterocycles. The summed E-state index contributed by atoms with van der Waals surface area (Å²) in [5.74, 6) is 1.35. The molecule has 0 bridgehead atoms. The molecule has 0 radical (unpaired) electrons. The summed E-state index contributed by atoms with van der Waals surface area (Å²) in [5.41, 5.74) is 3.17. The Kier molecular flexibility index (Phi) is 5.03. The van der Waals surface area contributed by atoms with Gasteiger partial charge in [-0.15, -0.1) is 0 Å². The molecule has 23 heavy (non-hydrogen) atoms. The van der Waals surface area contributed by atoms with E-state index in [-0.39, 0.29) is 0 Å². The van der Waals surface area contributed by atoms with E-state index in [0.29, 0.717) is 5.92 Å². The van der Waals surface area contributed by atoms with Crippen LogP contribution < -0.4 is 0 Å². The Balaban J connectivity index is 1.74. The van der Waals surface area contributed by atoms with Gasteiger partial charge in [-0.1, -0.05) is 0 Å². The van der Waals surface area contributed by atoms with Crippen molar-refractivity contribution in [1.82, 2.24) is 24.6 Å². The number of aryl methyl sites for hydroxylation is 2. The lowest BCUT2D eigenvalue weighted by molar-refractivity contribution is 0.130. The van der Waals surface area contributed by atoms with Crippen LogP contribution in [0.4, 0.5) is 0 Å². The summed E-state index contributed by atoms with van der Waals surface area (Å²) in [6.07, 6.45) is 4.09. The molecule has 0 saturated carbocycles. The van der Waals surface area contributed by atoms with Crippen molar-refractivity contribution in [1.29, 1.82) is 0 Å². The highest BCUT2D eigenvalue weighted by molar-refractivity contribution is 5.54. The fourth-order valence-electron chi connectivity index (χ4n) is 3.23. The molecule has 2 aromatic rings. The van der Waals surface area contributed by atoms with Crippen LogP contribution in [0, 0.1) is 6.92 Å². The van der Waals surface area contributed by atoms with Crippen LogP contribution in [0.3, 0.4) is 0 Å². The van der Waals surface area contributed by atoms with E-state index in [0.717, 1.165) is 56.3 Å². The first-order valence-electron chi connectivity index (χ1n) is 8.22. The maximum Gasteiger partial charge on any atom is 0.126 e. The van der Waals surface area contributed by atoms with Gasteiger partial charge in [0.15, 0.2) is 0 Å². The second-order valence-electron chi connectivity index (χ2n) is 6.17. The third kappa shape index (κ3) is 3.76. The summed E-state index contributed by atoms with van der Waals surface area (Å²) in [4.78, 5) is 11.8. The number of ether oxygens (including phenoxy) is 1. The molecule has 0 N–H and O–H groups in total. The van der Waals surface area contributed by atoms with Crippen molar-refractivity contribution >= 4 is 0 Å². The van der Waals surface area contributed by atoms with Gasteiger partial charge < -0.3 is 9.64 Å². The molecular weight excluding hydrogens is 290 g/mol.